The Morgan fingerprint density at radius 2 is 1.36 bits per heavy atom. The highest BCUT2D eigenvalue weighted by atomic mass is 16.7. The number of hydrogen-bond donors (Lipinski definition) is 1. The van der Waals surface area contributed by atoms with Gasteiger partial charge in [0, 0.05) is 25.3 Å². The molecule has 39 heavy (non-hydrogen) atoms. The van der Waals surface area contributed by atoms with Crippen LogP contribution in [0, 0.1) is 0 Å². The molecule has 2 rings (SSSR count). The van der Waals surface area contributed by atoms with Gasteiger partial charge in [-0.15, -0.1) is 0 Å². The third kappa shape index (κ3) is 10.9. The van der Waals surface area contributed by atoms with Gasteiger partial charge < -0.3 is 24.7 Å². The second-order valence-corrected chi connectivity index (χ2v) is 9.93. The number of nitrogens with two attached hydrogens (primary N) is 1. The molecule has 0 spiro atoms. The van der Waals surface area contributed by atoms with Gasteiger partial charge in [0.2, 0.25) is 6.10 Å². The third-order valence-corrected chi connectivity index (χ3v) is 6.58. The van der Waals surface area contributed by atoms with Crippen molar-refractivity contribution in [1.29, 1.82) is 0 Å². The average Bonchev–Trinajstić information content (AvgIpc) is 3.24. The lowest BCUT2D eigenvalue weighted by Gasteiger charge is -2.23. The zero-order chi connectivity index (χ0) is 28.6. The molecule has 1 aromatic heterocycles. The van der Waals surface area contributed by atoms with E-state index >= 15 is 0 Å². The molecule has 0 unspecified atom stereocenters. The van der Waals surface area contributed by atoms with Crippen molar-refractivity contribution in [3.8, 4) is 0 Å². The summed E-state index contributed by atoms with van der Waals surface area (Å²) in [4.78, 5) is 49.7. The number of amides is 1. The van der Waals surface area contributed by atoms with Gasteiger partial charge in [0.25, 0.3) is 5.91 Å². The second kappa shape index (κ2) is 17.6. The van der Waals surface area contributed by atoms with Gasteiger partial charge in [0.15, 0.2) is 18.5 Å². The molecule has 1 aliphatic rings. The highest BCUT2D eigenvalue weighted by molar-refractivity contribution is 5.92. The largest absolute Gasteiger partial charge is 0.463 e. The van der Waals surface area contributed by atoms with Crippen LogP contribution in [-0.2, 0) is 33.3 Å². The van der Waals surface area contributed by atoms with Gasteiger partial charge in [0.1, 0.15) is 18.3 Å². The fraction of sp³-hybridized carbons (Fsp3) is 0.690. The molecule has 0 saturated carbocycles. The number of rotatable bonds is 18. The van der Waals surface area contributed by atoms with Crippen molar-refractivity contribution >= 4 is 23.8 Å². The Morgan fingerprint density at radius 3 is 1.90 bits per heavy atom. The van der Waals surface area contributed by atoms with Crippen molar-refractivity contribution in [3.63, 3.8) is 0 Å². The molecule has 1 amide bonds. The zero-order valence-electron chi connectivity index (χ0n) is 23.6. The fourth-order valence-corrected chi connectivity index (χ4v) is 4.37. The van der Waals surface area contributed by atoms with E-state index in [4.69, 9.17) is 24.7 Å². The van der Waals surface area contributed by atoms with E-state index in [0.29, 0.717) is 19.3 Å². The quantitative estimate of drug-likeness (QED) is 0.125. The van der Waals surface area contributed by atoms with Crippen LogP contribution in [0.3, 0.4) is 0 Å². The number of ether oxygens (including phenoxy) is 4. The predicted molar refractivity (Wildman–Crippen MR) is 142 cm³/mol. The number of pyridine rings is 1. The lowest BCUT2D eigenvalue weighted by atomic mass is 10.1. The molecule has 1 fully saturated rings. The Hall–Kier alpha value is -3.01. The normalized spacial score (nSPS) is 20.4. The molecule has 10 nitrogen and oxygen atoms in total. The van der Waals surface area contributed by atoms with E-state index in [9.17, 15) is 19.2 Å². The van der Waals surface area contributed by atoms with E-state index in [1.54, 1.807) is 22.9 Å². The maximum atomic E-state index is 12.8. The third-order valence-electron chi connectivity index (χ3n) is 6.58. The predicted octanol–water partition coefficient (Wildman–Crippen LogP) is 4.08. The highest BCUT2D eigenvalue weighted by Crippen LogP contribution is 2.32. The number of nitrogens with zero attached hydrogens (tertiary/aromatic N) is 1. The highest BCUT2D eigenvalue weighted by Gasteiger charge is 2.55. The van der Waals surface area contributed by atoms with Crippen molar-refractivity contribution in [1.82, 2.24) is 0 Å². The number of carbonyl (C=O) groups excluding carboxylic acids is 4. The van der Waals surface area contributed by atoms with Gasteiger partial charge in [-0.25, -0.2) is 0 Å². The molecule has 0 radical (unpaired) electrons. The summed E-state index contributed by atoms with van der Waals surface area (Å²) in [5.74, 6) is -1.90. The molecule has 2 heterocycles. The summed E-state index contributed by atoms with van der Waals surface area (Å²) in [5.41, 5.74) is 5.70. The lowest BCUT2D eigenvalue weighted by Crippen LogP contribution is -2.49. The maximum absolute atomic E-state index is 12.8. The Kier molecular flexibility index (Phi) is 14.5. The Morgan fingerprint density at radius 1 is 0.821 bits per heavy atom. The minimum Gasteiger partial charge on any atom is -0.463 e. The van der Waals surface area contributed by atoms with Gasteiger partial charge in [-0.1, -0.05) is 59.3 Å². The van der Waals surface area contributed by atoms with Crippen molar-refractivity contribution in [2.75, 3.05) is 6.61 Å². The van der Waals surface area contributed by atoms with Gasteiger partial charge in [-0.3, -0.25) is 19.2 Å². The monoisotopic (exact) mass is 549 g/mol. The summed E-state index contributed by atoms with van der Waals surface area (Å²) < 4.78 is 25.0. The lowest BCUT2D eigenvalue weighted by molar-refractivity contribution is -0.765. The smallest absolute Gasteiger partial charge is 0.306 e. The molecule has 1 aromatic rings. The van der Waals surface area contributed by atoms with Crippen LogP contribution in [-0.4, -0.2) is 48.7 Å². The first-order valence-corrected chi connectivity index (χ1v) is 14.3. The molecular formula is C29H45N2O8+. The van der Waals surface area contributed by atoms with E-state index in [0.717, 1.165) is 38.5 Å². The van der Waals surface area contributed by atoms with E-state index in [-0.39, 0.29) is 37.4 Å². The van der Waals surface area contributed by atoms with Crippen LogP contribution in [0.2, 0.25) is 0 Å². The minimum absolute atomic E-state index is 0.172. The number of unbranched alkanes of at least 4 members (excludes halogenated alkanes) is 6. The number of primary amides is 1. The standard InChI is InChI=1S/C29H44N2O8/c1-4-7-10-15-23(32)36-20-22-26(38-24(33)16-11-8-5-2)27(39-25(34)17-12-9-6-3)29(37-22)31-18-13-14-21(19-31)28(30)35/h13-14,18-19,22,26-27,29H,4-12,15-17,20H2,1-3H3,(H-,30,35)/p+1/t22-,26-,27-,29-/m1/s1. The van der Waals surface area contributed by atoms with Gasteiger partial charge in [-0.05, 0) is 25.3 Å². The summed E-state index contributed by atoms with van der Waals surface area (Å²) in [6, 6.07) is 3.18. The zero-order valence-corrected chi connectivity index (χ0v) is 23.6. The van der Waals surface area contributed by atoms with Crippen LogP contribution >= 0.6 is 0 Å². The van der Waals surface area contributed by atoms with Gasteiger partial charge >= 0.3 is 24.1 Å². The van der Waals surface area contributed by atoms with Crippen LogP contribution in [0.5, 0.6) is 0 Å². The molecule has 0 bridgehead atoms. The van der Waals surface area contributed by atoms with E-state index in [1.807, 2.05) is 20.8 Å². The first kappa shape index (κ1) is 32.2. The average molecular weight is 550 g/mol. The van der Waals surface area contributed by atoms with Gasteiger partial charge in [-0.2, -0.15) is 4.57 Å². The number of carbonyl (C=O) groups is 4. The summed E-state index contributed by atoms with van der Waals surface area (Å²) in [7, 11) is 0. The van der Waals surface area contributed by atoms with Crippen LogP contribution in [0.1, 0.15) is 114 Å². The SMILES string of the molecule is CCCCCC(=O)OC[C@H]1O[C@@H]([n+]2cccc(C(N)=O)c2)[C@H](OC(=O)CCCCC)[C@@H]1OC(=O)CCCCC. The first-order valence-electron chi connectivity index (χ1n) is 14.3. The molecule has 4 atom stereocenters. The van der Waals surface area contributed by atoms with E-state index in [2.05, 4.69) is 0 Å². The number of esters is 3. The van der Waals surface area contributed by atoms with E-state index in [1.165, 1.54) is 6.20 Å². The minimum atomic E-state index is -1.02. The number of hydrogen-bond acceptors (Lipinski definition) is 8. The second-order valence-electron chi connectivity index (χ2n) is 9.93. The fourth-order valence-electron chi connectivity index (χ4n) is 4.37. The van der Waals surface area contributed by atoms with Crippen LogP contribution in [0.15, 0.2) is 24.5 Å². The van der Waals surface area contributed by atoms with Crippen LogP contribution < -0.4 is 10.3 Å². The summed E-state index contributed by atoms with van der Waals surface area (Å²) >= 11 is 0. The molecule has 1 aliphatic heterocycles. The maximum Gasteiger partial charge on any atom is 0.306 e. The van der Waals surface area contributed by atoms with Crippen molar-refractivity contribution in [2.24, 2.45) is 5.73 Å². The van der Waals surface area contributed by atoms with Crippen LogP contribution in [0.25, 0.3) is 0 Å². The molecule has 1 saturated heterocycles. The Bertz CT molecular complexity index is 938. The van der Waals surface area contributed by atoms with Crippen molar-refractivity contribution < 1.29 is 42.7 Å². The van der Waals surface area contributed by atoms with Crippen molar-refractivity contribution in [3.05, 3.63) is 30.1 Å². The van der Waals surface area contributed by atoms with Crippen LogP contribution in [0.4, 0.5) is 0 Å². The first-order chi connectivity index (χ1) is 18.8. The molecule has 218 valence electrons. The molecule has 0 aromatic carbocycles. The number of aromatic nitrogens is 1. The summed E-state index contributed by atoms with van der Waals surface area (Å²) in [6.07, 6.45) is 7.57. The molecular weight excluding hydrogens is 504 g/mol. The van der Waals surface area contributed by atoms with Crippen molar-refractivity contribution in [2.45, 2.75) is 122 Å². The molecule has 10 heteroatoms. The topological polar surface area (TPSA) is 135 Å². The summed E-state index contributed by atoms with van der Waals surface area (Å²) in [6.45, 7) is 5.95. The molecule has 2 N–H and O–H groups in total. The van der Waals surface area contributed by atoms with E-state index < -0.39 is 42.4 Å². The Balaban J connectivity index is 2.32. The Labute approximate surface area is 231 Å². The van der Waals surface area contributed by atoms with Gasteiger partial charge in [0.05, 0.1) is 0 Å². The summed E-state index contributed by atoms with van der Waals surface area (Å²) in [5, 5.41) is 0. The molecule has 0 aliphatic carbocycles.